The molecule has 0 aliphatic carbocycles. The van der Waals surface area contributed by atoms with Crippen LogP contribution in [0.3, 0.4) is 0 Å². The highest BCUT2D eigenvalue weighted by molar-refractivity contribution is 6.30. The Bertz CT molecular complexity index is 991. The Hall–Kier alpha value is -3.39. The quantitative estimate of drug-likeness (QED) is 0.549. The standard InChI is InChI=1S/C20H19ClN4O4/c1-13-11-15(21)7-8-16(13)28-12-17(26)22-9-10-23-19(27)20-24-18(25-29-20)14-5-3-2-4-6-14/h2-8,11H,9-10,12H2,1H3,(H,22,26)(H,23,27). The van der Waals surface area contributed by atoms with E-state index in [9.17, 15) is 9.59 Å². The molecule has 1 aromatic heterocycles. The molecule has 0 radical (unpaired) electrons. The van der Waals surface area contributed by atoms with Gasteiger partial charge in [0.05, 0.1) is 0 Å². The number of ether oxygens (including phenoxy) is 1. The Morgan fingerprint density at radius 2 is 1.86 bits per heavy atom. The van der Waals surface area contributed by atoms with E-state index in [0.29, 0.717) is 16.6 Å². The van der Waals surface area contributed by atoms with Gasteiger partial charge in [-0.05, 0) is 30.7 Å². The number of halogens is 1. The minimum atomic E-state index is -0.512. The van der Waals surface area contributed by atoms with Crippen LogP contribution in [0.1, 0.15) is 16.2 Å². The van der Waals surface area contributed by atoms with E-state index in [1.807, 2.05) is 37.3 Å². The molecule has 3 rings (SSSR count). The van der Waals surface area contributed by atoms with Gasteiger partial charge in [-0.15, -0.1) is 0 Å². The molecule has 0 unspecified atom stereocenters. The third-order valence-corrected chi connectivity index (χ3v) is 4.12. The summed E-state index contributed by atoms with van der Waals surface area (Å²) >= 11 is 5.88. The summed E-state index contributed by atoms with van der Waals surface area (Å²) in [6.45, 7) is 2.14. The number of carbonyl (C=O) groups excluding carboxylic acids is 2. The molecule has 1 heterocycles. The van der Waals surface area contributed by atoms with Crippen LogP contribution < -0.4 is 15.4 Å². The fourth-order valence-electron chi connectivity index (χ4n) is 2.44. The summed E-state index contributed by atoms with van der Waals surface area (Å²) in [7, 11) is 0. The van der Waals surface area contributed by atoms with E-state index in [1.165, 1.54) is 0 Å². The Morgan fingerprint density at radius 1 is 1.10 bits per heavy atom. The third-order valence-electron chi connectivity index (χ3n) is 3.88. The lowest BCUT2D eigenvalue weighted by Crippen LogP contribution is -2.36. The van der Waals surface area contributed by atoms with Gasteiger partial charge in [0.2, 0.25) is 5.82 Å². The number of nitrogens with zero attached hydrogens (tertiary/aromatic N) is 2. The smallest absolute Gasteiger partial charge is 0.316 e. The second-order valence-corrected chi connectivity index (χ2v) is 6.53. The van der Waals surface area contributed by atoms with Gasteiger partial charge in [0, 0.05) is 23.7 Å². The van der Waals surface area contributed by atoms with Gasteiger partial charge in [0.25, 0.3) is 5.91 Å². The SMILES string of the molecule is Cc1cc(Cl)ccc1OCC(=O)NCCNC(=O)c1nc(-c2ccccc2)no1. The van der Waals surface area contributed by atoms with E-state index in [4.69, 9.17) is 20.9 Å². The first-order valence-electron chi connectivity index (χ1n) is 8.86. The predicted molar refractivity (Wildman–Crippen MR) is 107 cm³/mol. The molecule has 2 N–H and O–H groups in total. The van der Waals surface area contributed by atoms with Gasteiger partial charge in [-0.3, -0.25) is 9.59 Å². The molecule has 0 aliphatic rings. The van der Waals surface area contributed by atoms with Gasteiger partial charge in [-0.1, -0.05) is 47.1 Å². The average Bonchev–Trinajstić information content (AvgIpc) is 3.21. The molecule has 9 heteroatoms. The number of rotatable bonds is 8. The van der Waals surface area contributed by atoms with Crippen molar-refractivity contribution in [2.24, 2.45) is 0 Å². The number of aromatic nitrogens is 2. The van der Waals surface area contributed by atoms with Crippen LogP contribution in [0, 0.1) is 6.92 Å². The monoisotopic (exact) mass is 414 g/mol. The van der Waals surface area contributed by atoms with Gasteiger partial charge in [0.15, 0.2) is 6.61 Å². The normalized spacial score (nSPS) is 10.4. The molecule has 0 atom stereocenters. The van der Waals surface area contributed by atoms with Gasteiger partial charge < -0.3 is 19.9 Å². The molecular weight excluding hydrogens is 396 g/mol. The van der Waals surface area contributed by atoms with E-state index in [-0.39, 0.29) is 31.5 Å². The summed E-state index contributed by atoms with van der Waals surface area (Å²) in [5, 5.41) is 9.65. The van der Waals surface area contributed by atoms with E-state index in [0.717, 1.165) is 11.1 Å². The number of nitrogens with one attached hydrogen (secondary N) is 2. The van der Waals surface area contributed by atoms with Crippen molar-refractivity contribution in [1.82, 2.24) is 20.8 Å². The zero-order valence-electron chi connectivity index (χ0n) is 15.6. The molecule has 0 bridgehead atoms. The molecule has 0 fully saturated rings. The van der Waals surface area contributed by atoms with Gasteiger partial charge >= 0.3 is 11.8 Å². The summed E-state index contributed by atoms with van der Waals surface area (Å²) < 4.78 is 10.4. The fraction of sp³-hybridized carbons (Fsp3) is 0.200. The largest absolute Gasteiger partial charge is 0.484 e. The Labute approximate surface area is 172 Å². The lowest BCUT2D eigenvalue weighted by molar-refractivity contribution is -0.123. The Kier molecular flexibility index (Phi) is 6.80. The van der Waals surface area contributed by atoms with E-state index >= 15 is 0 Å². The topological polar surface area (TPSA) is 106 Å². The zero-order valence-corrected chi connectivity index (χ0v) is 16.4. The van der Waals surface area contributed by atoms with Crippen molar-refractivity contribution >= 4 is 23.4 Å². The van der Waals surface area contributed by atoms with Crippen molar-refractivity contribution in [3.05, 3.63) is 65.0 Å². The first-order chi connectivity index (χ1) is 14.0. The Morgan fingerprint density at radius 3 is 2.62 bits per heavy atom. The summed E-state index contributed by atoms with van der Waals surface area (Å²) in [5.74, 6) is -0.0430. The molecule has 0 saturated carbocycles. The molecular formula is C20H19ClN4O4. The fourth-order valence-corrected chi connectivity index (χ4v) is 2.67. The second kappa shape index (κ2) is 9.70. The van der Waals surface area contributed by atoms with Crippen LogP contribution in [0.15, 0.2) is 53.1 Å². The summed E-state index contributed by atoms with van der Waals surface area (Å²) in [6.07, 6.45) is 0. The molecule has 29 heavy (non-hydrogen) atoms. The highest BCUT2D eigenvalue weighted by atomic mass is 35.5. The lowest BCUT2D eigenvalue weighted by Gasteiger charge is -2.10. The first-order valence-corrected chi connectivity index (χ1v) is 9.23. The molecule has 8 nitrogen and oxygen atoms in total. The van der Waals surface area contributed by atoms with E-state index in [2.05, 4.69) is 20.8 Å². The first kappa shape index (κ1) is 20.3. The van der Waals surface area contributed by atoms with Crippen molar-refractivity contribution in [1.29, 1.82) is 0 Å². The van der Waals surface area contributed by atoms with Gasteiger partial charge in [-0.25, -0.2) is 0 Å². The second-order valence-electron chi connectivity index (χ2n) is 6.09. The maximum atomic E-state index is 12.1. The maximum Gasteiger partial charge on any atom is 0.316 e. The number of hydrogen-bond acceptors (Lipinski definition) is 6. The van der Waals surface area contributed by atoms with E-state index < -0.39 is 5.91 Å². The molecule has 0 saturated heterocycles. The summed E-state index contributed by atoms with van der Waals surface area (Å²) in [4.78, 5) is 28.0. The molecule has 0 spiro atoms. The molecule has 0 aliphatic heterocycles. The van der Waals surface area contributed by atoms with Crippen molar-refractivity contribution in [2.75, 3.05) is 19.7 Å². The molecule has 150 valence electrons. The van der Waals surface area contributed by atoms with Crippen LogP contribution in [0.4, 0.5) is 0 Å². The van der Waals surface area contributed by atoms with Crippen LogP contribution >= 0.6 is 11.6 Å². The molecule has 3 aromatic rings. The van der Waals surface area contributed by atoms with Crippen LogP contribution in [0.5, 0.6) is 5.75 Å². The zero-order chi connectivity index (χ0) is 20.6. The van der Waals surface area contributed by atoms with Crippen molar-refractivity contribution < 1.29 is 18.8 Å². The number of amides is 2. The molecule has 2 amide bonds. The minimum Gasteiger partial charge on any atom is -0.484 e. The highest BCUT2D eigenvalue weighted by Gasteiger charge is 2.15. The van der Waals surface area contributed by atoms with Crippen molar-refractivity contribution in [3.8, 4) is 17.1 Å². The Balaban J connectivity index is 1.38. The number of hydrogen-bond donors (Lipinski definition) is 2. The number of benzene rings is 2. The van der Waals surface area contributed by atoms with Crippen LogP contribution in [0.2, 0.25) is 5.02 Å². The van der Waals surface area contributed by atoms with Crippen molar-refractivity contribution in [2.45, 2.75) is 6.92 Å². The summed E-state index contributed by atoms with van der Waals surface area (Å²) in [5.41, 5.74) is 1.59. The lowest BCUT2D eigenvalue weighted by atomic mass is 10.2. The van der Waals surface area contributed by atoms with Crippen LogP contribution in [0.25, 0.3) is 11.4 Å². The maximum absolute atomic E-state index is 12.1. The summed E-state index contributed by atoms with van der Waals surface area (Å²) in [6, 6.07) is 14.3. The van der Waals surface area contributed by atoms with Crippen LogP contribution in [-0.2, 0) is 4.79 Å². The van der Waals surface area contributed by atoms with Crippen LogP contribution in [-0.4, -0.2) is 41.7 Å². The van der Waals surface area contributed by atoms with Gasteiger partial charge in [-0.2, -0.15) is 4.98 Å². The number of aryl methyl sites for hydroxylation is 1. The van der Waals surface area contributed by atoms with Crippen molar-refractivity contribution in [3.63, 3.8) is 0 Å². The van der Waals surface area contributed by atoms with Gasteiger partial charge in [0.1, 0.15) is 5.75 Å². The average molecular weight is 415 g/mol. The minimum absolute atomic E-state index is 0.138. The number of carbonyl (C=O) groups is 2. The highest BCUT2D eigenvalue weighted by Crippen LogP contribution is 2.21. The predicted octanol–water partition coefficient (Wildman–Crippen LogP) is 2.62. The molecule has 2 aromatic carbocycles. The third kappa shape index (κ3) is 5.79. The van der Waals surface area contributed by atoms with E-state index in [1.54, 1.807) is 18.2 Å².